The van der Waals surface area contributed by atoms with Gasteiger partial charge in [0, 0.05) is 4.57 Å². The molecule has 0 radical (unpaired) electrons. The number of rotatable bonds is 6. The molecule has 1 rings (SSSR count). The number of para-hydroxylation sites is 1. The molecule has 2 unspecified atom stereocenters. The maximum atomic E-state index is 11.8. The predicted octanol–water partition coefficient (Wildman–Crippen LogP) is 2.51. The summed E-state index contributed by atoms with van der Waals surface area (Å²) in [6.45, 7) is 3.67. The number of esters is 1. The topological polar surface area (TPSA) is 64.6 Å². The Labute approximate surface area is 107 Å². The van der Waals surface area contributed by atoms with Crippen LogP contribution < -0.4 is 9.61 Å². The van der Waals surface area contributed by atoms with Crippen molar-refractivity contribution in [3.63, 3.8) is 0 Å². The summed E-state index contributed by atoms with van der Waals surface area (Å²) in [4.78, 5) is 11.5. The Hall–Kier alpha value is -1.45. The van der Waals surface area contributed by atoms with Gasteiger partial charge in [-0.25, -0.2) is 4.52 Å². The molecule has 98 valence electrons. The van der Waals surface area contributed by atoms with Crippen molar-refractivity contribution < 1.29 is 18.6 Å². The highest BCUT2D eigenvalue weighted by Gasteiger charge is 2.33. The summed E-state index contributed by atoms with van der Waals surface area (Å²) in [6.07, 6.45) is 0. The van der Waals surface area contributed by atoms with Gasteiger partial charge in [0.05, 0.1) is 7.11 Å². The van der Waals surface area contributed by atoms with E-state index in [0.717, 1.165) is 0 Å². The van der Waals surface area contributed by atoms with Gasteiger partial charge in [0.15, 0.2) is 11.8 Å². The summed E-state index contributed by atoms with van der Waals surface area (Å²) in [7, 11) is -0.872. The molecule has 0 bridgehead atoms. The van der Waals surface area contributed by atoms with Gasteiger partial charge >= 0.3 is 14.1 Å². The molecule has 18 heavy (non-hydrogen) atoms. The van der Waals surface area contributed by atoms with Crippen LogP contribution in [0.4, 0.5) is 0 Å². The molecule has 0 fully saturated rings. The Kier molecular flexibility index (Phi) is 5.75. The first kappa shape index (κ1) is 14.6. The fourth-order valence-electron chi connectivity index (χ4n) is 1.32. The Balaban J connectivity index is 2.60. The zero-order chi connectivity index (χ0) is 13.5. The maximum absolute atomic E-state index is 11.8. The third-order valence-corrected chi connectivity index (χ3v) is 3.16. The molecule has 2 atom stereocenters. The fraction of sp³-hybridized carbons (Fsp3) is 0.417. The second kappa shape index (κ2) is 7.09. The highest BCUT2D eigenvalue weighted by atomic mass is 31.1. The van der Waals surface area contributed by atoms with Crippen LogP contribution in [-0.2, 0) is 14.1 Å². The minimum Gasteiger partial charge on any atom is -0.468 e. The number of methoxy groups -OCH3 is 1. The average molecular weight is 270 g/mol. The van der Waals surface area contributed by atoms with Crippen molar-refractivity contribution >= 4 is 14.1 Å². The molecule has 0 spiro atoms. The summed E-state index contributed by atoms with van der Waals surface area (Å²) in [5.41, 5.74) is 0. The number of hydrogen-bond acceptors (Lipinski definition) is 4. The van der Waals surface area contributed by atoms with Crippen molar-refractivity contribution in [2.75, 3.05) is 7.11 Å². The van der Waals surface area contributed by atoms with E-state index >= 15 is 0 Å². The van der Waals surface area contributed by atoms with Gasteiger partial charge in [-0.2, -0.15) is 0 Å². The van der Waals surface area contributed by atoms with Crippen LogP contribution in [0.15, 0.2) is 30.3 Å². The van der Waals surface area contributed by atoms with Crippen molar-refractivity contribution in [1.82, 2.24) is 5.09 Å². The number of benzene rings is 1. The van der Waals surface area contributed by atoms with Gasteiger partial charge in [-0.15, -0.1) is 0 Å². The lowest BCUT2D eigenvalue weighted by molar-refractivity contribution is -0.143. The summed E-state index contributed by atoms with van der Waals surface area (Å²) in [6, 6.07) is 8.12. The number of ether oxygens (including phenoxy) is 1. The first-order chi connectivity index (χ1) is 8.54. The molecule has 0 saturated heterocycles. The van der Waals surface area contributed by atoms with E-state index in [0.29, 0.717) is 5.75 Å². The minimum absolute atomic E-state index is 0.0456. The van der Waals surface area contributed by atoms with Crippen LogP contribution in [0.5, 0.6) is 5.75 Å². The third-order valence-electron chi connectivity index (χ3n) is 2.30. The van der Waals surface area contributed by atoms with Gasteiger partial charge < -0.3 is 4.74 Å². The second-order valence-corrected chi connectivity index (χ2v) is 4.99. The van der Waals surface area contributed by atoms with Crippen LogP contribution in [0.2, 0.25) is 0 Å². The second-order valence-electron chi connectivity index (χ2n) is 4.04. The Morgan fingerprint density at radius 1 is 1.28 bits per heavy atom. The number of carbonyl (C=O) groups is 1. The SMILES string of the molecule is COC(=O)C(N[P+](=O)Oc1ccccc1)C(C)C. The molecule has 0 aliphatic carbocycles. The summed E-state index contributed by atoms with van der Waals surface area (Å²) in [5.74, 6) is -0.0146. The lowest BCUT2D eigenvalue weighted by Crippen LogP contribution is -2.38. The first-order valence-electron chi connectivity index (χ1n) is 5.59. The smallest absolute Gasteiger partial charge is 0.468 e. The molecule has 0 aromatic heterocycles. The molecule has 0 aliphatic rings. The van der Waals surface area contributed by atoms with Gasteiger partial charge in [-0.3, -0.25) is 4.79 Å². The molecular formula is C12H17NO4P+. The summed E-state index contributed by atoms with van der Waals surface area (Å²) < 4.78 is 21.6. The van der Waals surface area contributed by atoms with Crippen LogP contribution >= 0.6 is 8.18 Å². The molecule has 5 nitrogen and oxygen atoms in total. The van der Waals surface area contributed by atoms with E-state index in [2.05, 4.69) is 9.82 Å². The predicted molar refractivity (Wildman–Crippen MR) is 68.5 cm³/mol. The minimum atomic E-state index is -2.17. The van der Waals surface area contributed by atoms with Crippen LogP contribution in [0.3, 0.4) is 0 Å². The zero-order valence-electron chi connectivity index (χ0n) is 10.6. The largest absolute Gasteiger partial charge is 0.664 e. The third kappa shape index (κ3) is 4.43. The Bertz CT molecular complexity index is 408. The van der Waals surface area contributed by atoms with Crippen molar-refractivity contribution in [3.8, 4) is 5.75 Å². The molecular weight excluding hydrogens is 253 g/mol. The van der Waals surface area contributed by atoms with Gasteiger partial charge in [0.2, 0.25) is 0 Å². The van der Waals surface area contributed by atoms with Crippen LogP contribution in [0.1, 0.15) is 13.8 Å². The van der Waals surface area contributed by atoms with Gasteiger partial charge in [-0.05, 0) is 18.1 Å². The lowest BCUT2D eigenvalue weighted by Gasteiger charge is -2.13. The van der Waals surface area contributed by atoms with E-state index in [-0.39, 0.29) is 5.92 Å². The molecule has 1 aromatic carbocycles. The van der Waals surface area contributed by atoms with Crippen molar-refractivity contribution in [2.45, 2.75) is 19.9 Å². The van der Waals surface area contributed by atoms with E-state index in [9.17, 15) is 9.36 Å². The van der Waals surface area contributed by atoms with Crippen LogP contribution in [0, 0.1) is 5.92 Å². The van der Waals surface area contributed by atoms with E-state index < -0.39 is 20.2 Å². The fourth-order valence-corrected chi connectivity index (χ4v) is 2.31. The summed E-state index contributed by atoms with van der Waals surface area (Å²) in [5, 5.41) is 2.63. The molecule has 1 N–H and O–H groups in total. The Morgan fingerprint density at radius 2 is 1.89 bits per heavy atom. The molecule has 0 amide bonds. The van der Waals surface area contributed by atoms with E-state index in [1.807, 2.05) is 19.9 Å². The molecule has 0 saturated carbocycles. The molecule has 6 heteroatoms. The van der Waals surface area contributed by atoms with Gasteiger partial charge in [0.1, 0.15) is 0 Å². The van der Waals surface area contributed by atoms with Crippen LogP contribution in [-0.4, -0.2) is 19.1 Å². The maximum Gasteiger partial charge on any atom is 0.664 e. The number of hydrogen-bond donors (Lipinski definition) is 1. The quantitative estimate of drug-likeness (QED) is 0.635. The monoisotopic (exact) mass is 270 g/mol. The van der Waals surface area contributed by atoms with Gasteiger partial charge in [-0.1, -0.05) is 37.1 Å². The average Bonchev–Trinajstić information content (AvgIpc) is 2.36. The van der Waals surface area contributed by atoms with E-state index in [1.54, 1.807) is 24.3 Å². The molecule has 1 aromatic rings. The van der Waals surface area contributed by atoms with Crippen molar-refractivity contribution in [3.05, 3.63) is 30.3 Å². The standard InChI is InChI=1S/C12H17NO4P/c1-9(2)11(12(14)16-3)13-18(15)17-10-7-5-4-6-8-10/h4-9,11H,1-3H3,(H,13,15)/q+1. The first-order valence-corrected chi connectivity index (χ1v) is 6.76. The molecule has 0 aliphatic heterocycles. The van der Waals surface area contributed by atoms with Crippen LogP contribution in [0.25, 0.3) is 0 Å². The number of carbonyl (C=O) groups excluding carboxylic acids is 1. The van der Waals surface area contributed by atoms with Crippen molar-refractivity contribution in [2.24, 2.45) is 5.92 Å². The van der Waals surface area contributed by atoms with E-state index in [4.69, 9.17) is 4.52 Å². The van der Waals surface area contributed by atoms with Gasteiger partial charge in [0.25, 0.3) is 0 Å². The number of nitrogens with one attached hydrogen (secondary N) is 1. The zero-order valence-corrected chi connectivity index (χ0v) is 11.5. The molecule has 0 heterocycles. The highest BCUT2D eigenvalue weighted by molar-refractivity contribution is 7.37. The lowest BCUT2D eigenvalue weighted by atomic mass is 10.1. The normalized spacial score (nSPS) is 13.0. The van der Waals surface area contributed by atoms with E-state index in [1.165, 1.54) is 7.11 Å². The summed E-state index contributed by atoms with van der Waals surface area (Å²) >= 11 is 0. The Morgan fingerprint density at radius 3 is 2.39 bits per heavy atom. The van der Waals surface area contributed by atoms with Crippen molar-refractivity contribution in [1.29, 1.82) is 0 Å². The highest BCUT2D eigenvalue weighted by Crippen LogP contribution is 2.24.